The zero-order valence-corrected chi connectivity index (χ0v) is 16.1. The summed E-state index contributed by atoms with van der Waals surface area (Å²) in [4.78, 5) is 16.9. The highest BCUT2D eigenvalue weighted by molar-refractivity contribution is 5.90. The van der Waals surface area contributed by atoms with Crippen LogP contribution in [0.15, 0.2) is 42.6 Å². The Labute approximate surface area is 164 Å². The van der Waals surface area contributed by atoms with E-state index in [-0.39, 0.29) is 12.1 Å². The molecule has 0 saturated heterocycles. The number of amides is 2. The van der Waals surface area contributed by atoms with Crippen molar-refractivity contribution in [2.45, 2.75) is 38.6 Å². The number of aryl methyl sites for hydroxylation is 2. The van der Waals surface area contributed by atoms with Gasteiger partial charge in [-0.2, -0.15) is 0 Å². The Morgan fingerprint density at radius 2 is 2.18 bits per heavy atom. The first-order valence-corrected chi connectivity index (χ1v) is 9.53. The summed E-state index contributed by atoms with van der Waals surface area (Å²) in [5, 5.41) is 14.3. The molecule has 0 fully saturated rings. The van der Waals surface area contributed by atoms with Crippen LogP contribution in [0.5, 0.6) is 0 Å². The minimum absolute atomic E-state index is 0.0706. The second-order valence-electron chi connectivity index (χ2n) is 7.29. The number of aromatic nitrogens is 4. The third kappa shape index (κ3) is 4.03. The number of anilines is 1. The van der Waals surface area contributed by atoms with Crippen LogP contribution in [0, 0.1) is 6.92 Å². The maximum atomic E-state index is 12.5. The lowest BCUT2D eigenvalue weighted by Crippen LogP contribution is -2.41. The smallest absolute Gasteiger partial charge is 0.319 e. The van der Waals surface area contributed by atoms with Gasteiger partial charge in [-0.15, -0.1) is 5.10 Å². The minimum Gasteiger partial charge on any atom is -0.335 e. The first-order valence-electron chi connectivity index (χ1n) is 9.53. The standard InChI is InChI=1S/C21H24N6O/c1-14-6-7-15(11-16-5-3-4-10-22-16)12-18(14)24-21(28)23-17-8-9-20-19(13-17)25-26-27(20)2/h3-7,10,12,17H,8-9,11,13H2,1-2H3,(H2,23,24,28). The van der Waals surface area contributed by atoms with Gasteiger partial charge in [0.05, 0.1) is 11.4 Å². The molecule has 0 aliphatic heterocycles. The fourth-order valence-corrected chi connectivity index (χ4v) is 3.62. The van der Waals surface area contributed by atoms with Crippen molar-refractivity contribution in [2.75, 3.05) is 5.32 Å². The fourth-order valence-electron chi connectivity index (χ4n) is 3.62. The van der Waals surface area contributed by atoms with Crippen LogP contribution in [0.4, 0.5) is 10.5 Å². The van der Waals surface area contributed by atoms with Gasteiger partial charge in [-0.05, 0) is 49.1 Å². The van der Waals surface area contributed by atoms with Gasteiger partial charge in [0.2, 0.25) is 0 Å². The lowest BCUT2D eigenvalue weighted by atomic mass is 9.96. The van der Waals surface area contributed by atoms with E-state index in [2.05, 4.69) is 32.0 Å². The molecule has 2 heterocycles. The average molecular weight is 376 g/mol. The SMILES string of the molecule is Cc1ccc(Cc2ccccn2)cc1NC(=O)NC1CCc2c(nnn2C)C1. The fraction of sp³-hybridized carbons (Fsp3) is 0.333. The average Bonchev–Trinajstić information content (AvgIpc) is 3.05. The van der Waals surface area contributed by atoms with E-state index in [1.165, 1.54) is 0 Å². The summed E-state index contributed by atoms with van der Waals surface area (Å²) < 4.78 is 1.82. The number of carbonyl (C=O) groups is 1. The van der Waals surface area contributed by atoms with E-state index in [1.54, 1.807) is 6.20 Å². The van der Waals surface area contributed by atoms with Crippen LogP contribution >= 0.6 is 0 Å². The topological polar surface area (TPSA) is 84.7 Å². The lowest BCUT2D eigenvalue weighted by Gasteiger charge is -2.23. The maximum Gasteiger partial charge on any atom is 0.319 e. The van der Waals surface area contributed by atoms with Crippen molar-refractivity contribution in [3.63, 3.8) is 0 Å². The zero-order valence-electron chi connectivity index (χ0n) is 16.1. The Bertz CT molecular complexity index is 982. The molecule has 7 nitrogen and oxygen atoms in total. The molecule has 3 aromatic rings. The summed E-state index contributed by atoms with van der Waals surface area (Å²) >= 11 is 0. The minimum atomic E-state index is -0.185. The summed E-state index contributed by atoms with van der Waals surface area (Å²) in [6, 6.07) is 11.9. The molecule has 1 aliphatic rings. The van der Waals surface area contributed by atoms with Gasteiger partial charge >= 0.3 is 6.03 Å². The van der Waals surface area contributed by atoms with E-state index in [1.807, 2.05) is 49.0 Å². The number of nitrogens with one attached hydrogen (secondary N) is 2. The van der Waals surface area contributed by atoms with Crippen LogP contribution < -0.4 is 10.6 Å². The van der Waals surface area contributed by atoms with E-state index >= 15 is 0 Å². The van der Waals surface area contributed by atoms with E-state index in [4.69, 9.17) is 0 Å². The Kier molecular flexibility index (Phi) is 5.06. The van der Waals surface area contributed by atoms with Crippen molar-refractivity contribution < 1.29 is 4.79 Å². The zero-order chi connectivity index (χ0) is 19.5. The number of urea groups is 1. The van der Waals surface area contributed by atoms with Crippen molar-refractivity contribution >= 4 is 11.7 Å². The molecule has 28 heavy (non-hydrogen) atoms. The highest BCUT2D eigenvalue weighted by Gasteiger charge is 2.24. The Balaban J connectivity index is 1.39. The van der Waals surface area contributed by atoms with Gasteiger partial charge in [-0.3, -0.25) is 9.67 Å². The largest absolute Gasteiger partial charge is 0.335 e. The molecule has 1 atom stereocenters. The normalized spacial score (nSPS) is 15.7. The predicted octanol–water partition coefficient (Wildman–Crippen LogP) is 2.79. The van der Waals surface area contributed by atoms with Gasteiger partial charge in [0, 0.05) is 43.5 Å². The molecule has 0 radical (unpaired) electrons. The summed E-state index contributed by atoms with van der Waals surface area (Å²) in [5.74, 6) is 0. The van der Waals surface area contributed by atoms with Crippen molar-refractivity contribution in [1.29, 1.82) is 0 Å². The van der Waals surface area contributed by atoms with Crippen molar-refractivity contribution in [3.05, 3.63) is 70.8 Å². The second kappa shape index (κ2) is 7.80. The molecule has 144 valence electrons. The quantitative estimate of drug-likeness (QED) is 0.733. The number of pyridine rings is 1. The molecular formula is C21H24N6O. The van der Waals surface area contributed by atoms with Gasteiger partial charge in [-0.25, -0.2) is 4.79 Å². The third-order valence-electron chi connectivity index (χ3n) is 5.19. The summed E-state index contributed by atoms with van der Waals surface area (Å²) in [5.41, 5.74) is 6.11. The monoisotopic (exact) mass is 376 g/mol. The molecule has 1 unspecified atom stereocenters. The van der Waals surface area contributed by atoms with Crippen molar-refractivity contribution in [1.82, 2.24) is 25.3 Å². The highest BCUT2D eigenvalue weighted by Crippen LogP contribution is 2.21. The summed E-state index contributed by atoms with van der Waals surface area (Å²) in [7, 11) is 1.91. The van der Waals surface area contributed by atoms with E-state index < -0.39 is 0 Å². The Morgan fingerprint density at radius 1 is 1.29 bits per heavy atom. The molecule has 2 aromatic heterocycles. The van der Waals surface area contributed by atoms with Gasteiger partial charge in [0.1, 0.15) is 0 Å². The second-order valence-corrected chi connectivity index (χ2v) is 7.29. The van der Waals surface area contributed by atoms with Gasteiger partial charge in [-0.1, -0.05) is 23.4 Å². The summed E-state index contributed by atoms with van der Waals surface area (Å²) in [6.45, 7) is 1.99. The maximum absolute atomic E-state index is 12.5. The molecule has 7 heteroatoms. The van der Waals surface area contributed by atoms with Crippen LogP contribution in [0.2, 0.25) is 0 Å². The molecular weight excluding hydrogens is 352 g/mol. The van der Waals surface area contributed by atoms with Crippen LogP contribution in [-0.2, 0) is 26.3 Å². The van der Waals surface area contributed by atoms with E-state index in [0.29, 0.717) is 0 Å². The molecule has 2 N–H and O–H groups in total. The van der Waals surface area contributed by atoms with Crippen molar-refractivity contribution in [3.8, 4) is 0 Å². The van der Waals surface area contributed by atoms with Gasteiger partial charge in [0.25, 0.3) is 0 Å². The number of rotatable bonds is 4. The molecule has 0 spiro atoms. The van der Waals surface area contributed by atoms with Crippen LogP contribution in [0.25, 0.3) is 0 Å². The van der Waals surface area contributed by atoms with Gasteiger partial charge in [0.15, 0.2) is 0 Å². The molecule has 1 aliphatic carbocycles. The Hall–Kier alpha value is -3.22. The lowest BCUT2D eigenvalue weighted by molar-refractivity contribution is 0.247. The Morgan fingerprint density at radius 3 is 3.00 bits per heavy atom. The number of carbonyl (C=O) groups excluding carboxylic acids is 1. The van der Waals surface area contributed by atoms with E-state index in [0.717, 1.165) is 59.6 Å². The first-order chi connectivity index (χ1) is 13.6. The first kappa shape index (κ1) is 18.2. The molecule has 4 rings (SSSR count). The number of hydrogen-bond acceptors (Lipinski definition) is 4. The van der Waals surface area contributed by atoms with Crippen LogP contribution in [-0.4, -0.2) is 32.1 Å². The molecule has 1 aromatic carbocycles. The predicted molar refractivity (Wildman–Crippen MR) is 107 cm³/mol. The number of hydrogen-bond donors (Lipinski definition) is 2. The summed E-state index contributed by atoms with van der Waals surface area (Å²) in [6.07, 6.45) is 5.01. The van der Waals surface area contributed by atoms with Crippen LogP contribution in [0.1, 0.15) is 34.6 Å². The molecule has 0 bridgehead atoms. The number of fused-ring (bicyclic) bond motifs is 1. The highest BCUT2D eigenvalue weighted by atomic mass is 16.2. The van der Waals surface area contributed by atoms with Crippen LogP contribution in [0.3, 0.4) is 0 Å². The molecule has 0 saturated carbocycles. The van der Waals surface area contributed by atoms with Gasteiger partial charge < -0.3 is 10.6 Å². The molecule has 2 amide bonds. The van der Waals surface area contributed by atoms with E-state index in [9.17, 15) is 4.79 Å². The van der Waals surface area contributed by atoms with Crippen molar-refractivity contribution in [2.24, 2.45) is 7.05 Å². The number of nitrogens with zero attached hydrogens (tertiary/aromatic N) is 4. The number of benzene rings is 1. The third-order valence-corrected chi connectivity index (χ3v) is 5.19.